The average molecular weight is 829 g/mol. The van der Waals surface area contributed by atoms with Crippen LogP contribution in [0.1, 0.15) is 265 Å². The Kier molecular flexibility index (Phi) is 46.4. The van der Waals surface area contributed by atoms with Gasteiger partial charge in [-0.15, -0.1) is 0 Å². The molecule has 0 N–H and O–H groups in total. The average Bonchev–Trinajstić information content (AvgIpc) is 3.23. The van der Waals surface area contributed by atoms with Gasteiger partial charge < -0.3 is 14.2 Å². The van der Waals surface area contributed by atoms with Crippen molar-refractivity contribution < 1.29 is 28.6 Å². The summed E-state index contributed by atoms with van der Waals surface area (Å²) in [5.74, 6) is -0.903. The standard InChI is InChI=1S/C53H96O6/c1-4-7-10-13-16-19-22-25-26-27-29-31-34-37-40-43-46-52(55)58-49-50(48-57-51(54)45-42-39-36-33-30-24-21-18-15-12-9-6-3)59-53(56)47-44-41-38-35-32-28-23-20-17-14-11-8-5-2/h9,12,18,21,28,32,50H,4-8,10-11,13-17,19-20,22-27,29-31,33-49H2,1-3H3/b12-9-,21-18-,32-28-. The highest BCUT2D eigenvalue weighted by molar-refractivity contribution is 5.71. The van der Waals surface area contributed by atoms with Crippen LogP contribution >= 0.6 is 0 Å². The first-order valence-corrected chi connectivity index (χ1v) is 25.5. The molecule has 0 saturated carbocycles. The van der Waals surface area contributed by atoms with Gasteiger partial charge in [-0.1, -0.05) is 211 Å². The number of hydrogen-bond donors (Lipinski definition) is 0. The second-order valence-corrected chi connectivity index (χ2v) is 17.1. The molecule has 1 unspecified atom stereocenters. The van der Waals surface area contributed by atoms with Crippen LogP contribution < -0.4 is 0 Å². The molecule has 0 aromatic heterocycles. The fourth-order valence-electron chi connectivity index (χ4n) is 7.30. The van der Waals surface area contributed by atoms with Crippen LogP contribution in [0.4, 0.5) is 0 Å². The Bertz CT molecular complexity index is 1000. The molecule has 0 spiro atoms. The number of hydrogen-bond acceptors (Lipinski definition) is 6. The Morgan fingerprint density at radius 3 is 1.05 bits per heavy atom. The van der Waals surface area contributed by atoms with E-state index >= 15 is 0 Å². The zero-order valence-electron chi connectivity index (χ0n) is 39.3. The number of carbonyl (C=O) groups is 3. The normalized spacial score (nSPS) is 12.3. The lowest BCUT2D eigenvalue weighted by molar-refractivity contribution is -0.167. The highest BCUT2D eigenvalue weighted by Crippen LogP contribution is 2.15. The van der Waals surface area contributed by atoms with Crippen molar-refractivity contribution in [3.63, 3.8) is 0 Å². The molecule has 0 rings (SSSR count). The molecule has 1 atom stereocenters. The van der Waals surface area contributed by atoms with Gasteiger partial charge in [0.2, 0.25) is 0 Å². The van der Waals surface area contributed by atoms with Gasteiger partial charge in [0, 0.05) is 19.3 Å². The smallest absolute Gasteiger partial charge is 0.306 e. The van der Waals surface area contributed by atoms with Crippen molar-refractivity contribution in [3.05, 3.63) is 36.5 Å². The molecule has 0 saturated heterocycles. The third kappa shape index (κ3) is 46.5. The summed E-state index contributed by atoms with van der Waals surface area (Å²) in [4.78, 5) is 37.9. The van der Waals surface area contributed by atoms with Gasteiger partial charge in [0.15, 0.2) is 6.10 Å². The molecule has 0 heterocycles. The molecule has 0 aromatic carbocycles. The van der Waals surface area contributed by atoms with Gasteiger partial charge in [-0.3, -0.25) is 14.4 Å². The predicted octanol–water partition coefficient (Wildman–Crippen LogP) is 16.5. The van der Waals surface area contributed by atoms with Crippen LogP contribution in [-0.4, -0.2) is 37.2 Å². The van der Waals surface area contributed by atoms with E-state index < -0.39 is 6.10 Å². The van der Waals surface area contributed by atoms with Crippen LogP contribution in [0, 0.1) is 0 Å². The maximum absolute atomic E-state index is 12.8. The SMILES string of the molecule is CC/C=C\C/C=C\CCCCCCCC(=O)OCC(COC(=O)CCCCCCCCCCCCCCCCCC)OC(=O)CCCCC/C=C\CCCCCCCC. The molecule has 0 amide bonds. The van der Waals surface area contributed by atoms with Gasteiger partial charge >= 0.3 is 17.9 Å². The van der Waals surface area contributed by atoms with E-state index in [4.69, 9.17) is 14.2 Å². The second kappa shape index (κ2) is 48.3. The minimum atomic E-state index is -0.781. The lowest BCUT2D eigenvalue weighted by Gasteiger charge is -2.18. The first-order chi connectivity index (χ1) is 29.0. The Morgan fingerprint density at radius 1 is 0.356 bits per heavy atom. The summed E-state index contributed by atoms with van der Waals surface area (Å²) >= 11 is 0. The summed E-state index contributed by atoms with van der Waals surface area (Å²) in [5.41, 5.74) is 0. The highest BCUT2D eigenvalue weighted by atomic mass is 16.6. The summed E-state index contributed by atoms with van der Waals surface area (Å²) < 4.78 is 16.8. The molecule has 59 heavy (non-hydrogen) atoms. The Hall–Kier alpha value is -2.37. The van der Waals surface area contributed by atoms with E-state index in [1.54, 1.807) is 0 Å². The molecule has 6 heteroatoms. The molecule has 0 radical (unpaired) electrons. The maximum Gasteiger partial charge on any atom is 0.306 e. The van der Waals surface area contributed by atoms with Crippen LogP contribution in [0.5, 0.6) is 0 Å². The molecular formula is C53H96O6. The number of unbranched alkanes of at least 4 members (excludes halogenated alkanes) is 29. The minimum absolute atomic E-state index is 0.0799. The summed E-state index contributed by atoms with van der Waals surface area (Å²) in [6.07, 6.45) is 55.6. The van der Waals surface area contributed by atoms with Crippen molar-refractivity contribution in [2.45, 2.75) is 271 Å². The lowest BCUT2D eigenvalue weighted by Crippen LogP contribution is -2.30. The topological polar surface area (TPSA) is 78.9 Å². The van der Waals surface area contributed by atoms with Gasteiger partial charge in [0.05, 0.1) is 0 Å². The monoisotopic (exact) mass is 829 g/mol. The number of ether oxygens (including phenoxy) is 3. The number of carbonyl (C=O) groups excluding carboxylic acids is 3. The first-order valence-electron chi connectivity index (χ1n) is 25.5. The summed E-state index contributed by atoms with van der Waals surface area (Å²) in [5, 5.41) is 0. The largest absolute Gasteiger partial charge is 0.462 e. The van der Waals surface area contributed by atoms with E-state index in [1.165, 1.54) is 128 Å². The van der Waals surface area contributed by atoms with E-state index in [1.807, 2.05) is 0 Å². The fourth-order valence-corrected chi connectivity index (χ4v) is 7.30. The summed E-state index contributed by atoms with van der Waals surface area (Å²) in [6.45, 7) is 6.51. The molecule has 6 nitrogen and oxygen atoms in total. The molecule has 0 aliphatic rings. The third-order valence-electron chi connectivity index (χ3n) is 11.1. The van der Waals surface area contributed by atoms with Crippen LogP contribution in [-0.2, 0) is 28.6 Å². The van der Waals surface area contributed by atoms with Gasteiger partial charge in [-0.2, -0.15) is 0 Å². The predicted molar refractivity (Wildman–Crippen MR) is 252 cm³/mol. The van der Waals surface area contributed by atoms with Gasteiger partial charge in [0.1, 0.15) is 13.2 Å². The van der Waals surface area contributed by atoms with Gasteiger partial charge in [-0.05, 0) is 70.6 Å². The van der Waals surface area contributed by atoms with Crippen molar-refractivity contribution in [3.8, 4) is 0 Å². The van der Waals surface area contributed by atoms with Crippen LogP contribution in [0.25, 0.3) is 0 Å². The molecule has 0 aromatic rings. The van der Waals surface area contributed by atoms with Crippen molar-refractivity contribution >= 4 is 17.9 Å². The van der Waals surface area contributed by atoms with Crippen LogP contribution in [0.3, 0.4) is 0 Å². The quantitative estimate of drug-likeness (QED) is 0.0263. The minimum Gasteiger partial charge on any atom is -0.462 e. The number of esters is 3. The molecular weight excluding hydrogens is 733 g/mol. The Morgan fingerprint density at radius 2 is 0.661 bits per heavy atom. The molecule has 0 bridgehead atoms. The summed E-state index contributed by atoms with van der Waals surface area (Å²) in [6, 6.07) is 0. The summed E-state index contributed by atoms with van der Waals surface area (Å²) in [7, 11) is 0. The Balaban J connectivity index is 4.36. The third-order valence-corrected chi connectivity index (χ3v) is 11.1. The fraction of sp³-hybridized carbons (Fsp3) is 0.830. The van der Waals surface area contributed by atoms with Crippen LogP contribution in [0.2, 0.25) is 0 Å². The maximum atomic E-state index is 12.8. The van der Waals surface area contributed by atoms with E-state index in [9.17, 15) is 14.4 Å². The van der Waals surface area contributed by atoms with Crippen LogP contribution in [0.15, 0.2) is 36.5 Å². The number of rotatable bonds is 46. The van der Waals surface area contributed by atoms with E-state index in [-0.39, 0.29) is 31.1 Å². The van der Waals surface area contributed by atoms with Gasteiger partial charge in [-0.25, -0.2) is 0 Å². The van der Waals surface area contributed by atoms with Crippen molar-refractivity contribution in [1.82, 2.24) is 0 Å². The highest BCUT2D eigenvalue weighted by Gasteiger charge is 2.19. The van der Waals surface area contributed by atoms with Crippen molar-refractivity contribution in [1.29, 1.82) is 0 Å². The van der Waals surface area contributed by atoms with E-state index in [0.717, 1.165) is 96.3 Å². The molecule has 344 valence electrons. The number of allylic oxidation sites excluding steroid dienone is 6. The molecule has 0 fully saturated rings. The van der Waals surface area contributed by atoms with Crippen molar-refractivity contribution in [2.24, 2.45) is 0 Å². The molecule has 0 aliphatic carbocycles. The van der Waals surface area contributed by atoms with Crippen molar-refractivity contribution in [2.75, 3.05) is 13.2 Å². The zero-order chi connectivity index (χ0) is 43.0. The van der Waals surface area contributed by atoms with E-state index in [0.29, 0.717) is 19.3 Å². The lowest BCUT2D eigenvalue weighted by atomic mass is 10.0. The first kappa shape index (κ1) is 56.6. The van der Waals surface area contributed by atoms with E-state index in [2.05, 4.69) is 57.2 Å². The molecule has 0 aliphatic heterocycles. The second-order valence-electron chi connectivity index (χ2n) is 17.1. The zero-order valence-corrected chi connectivity index (χ0v) is 39.3. The van der Waals surface area contributed by atoms with Gasteiger partial charge in [0.25, 0.3) is 0 Å². The Labute approximate surface area is 365 Å².